The molecule has 0 bridgehead atoms. The first-order valence-corrected chi connectivity index (χ1v) is 13.2. The molecule has 1 aliphatic heterocycles. The van der Waals surface area contributed by atoms with Crippen molar-refractivity contribution in [3.63, 3.8) is 0 Å². The van der Waals surface area contributed by atoms with Crippen molar-refractivity contribution in [1.29, 1.82) is 0 Å². The number of aromatic nitrogens is 4. The molecule has 2 atom stereocenters. The summed E-state index contributed by atoms with van der Waals surface area (Å²) in [7, 11) is 0. The van der Waals surface area contributed by atoms with Gasteiger partial charge in [-0.15, -0.1) is 0 Å². The van der Waals surface area contributed by atoms with Crippen molar-refractivity contribution in [2.75, 3.05) is 24.7 Å². The minimum absolute atomic E-state index is 0.0625. The Kier molecular flexibility index (Phi) is 8.60. The molecule has 1 N–H and O–H groups in total. The van der Waals surface area contributed by atoms with Crippen LogP contribution in [0.25, 0.3) is 5.65 Å². The van der Waals surface area contributed by atoms with Gasteiger partial charge in [-0.05, 0) is 47.6 Å². The molecule has 0 aromatic carbocycles. The smallest absolute Gasteiger partial charge is 0.407 e. The fourth-order valence-electron chi connectivity index (χ4n) is 4.13. The van der Waals surface area contributed by atoms with Crippen molar-refractivity contribution in [3.05, 3.63) is 41.6 Å². The van der Waals surface area contributed by atoms with Crippen LogP contribution < -0.4 is 19.7 Å². The Bertz CT molecular complexity index is 1370. The van der Waals surface area contributed by atoms with E-state index in [2.05, 4.69) is 15.4 Å². The molecule has 1 amide bonds. The number of nitrogens with zero attached hydrogens (tertiary/aromatic N) is 5. The zero-order chi connectivity index (χ0) is 29.0. The Hall–Kier alpha value is -4.16. The monoisotopic (exact) mass is 558 g/mol. The molecule has 0 aliphatic carbocycles. The normalized spacial score (nSPS) is 16.0. The predicted octanol–water partition coefficient (Wildman–Crippen LogP) is 3.91. The van der Waals surface area contributed by atoms with Gasteiger partial charge in [-0.2, -0.15) is 5.10 Å². The van der Waals surface area contributed by atoms with Gasteiger partial charge in [0, 0.05) is 18.0 Å². The average molecular weight is 559 g/mol. The van der Waals surface area contributed by atoms with Gasteiger partial charge in [0.15, 0.2) is 17.2 Å². The number of rotatable bonds is 8. The molecular weight excluding hydrogens is 523 g/mol. The zero-order valence-corrected chi connectivity index (χ0v) is 23.6. The van der Waals surface area contributed by atoms with E-state index in [-0.39, 0.29) is 37.2 Å². The largest absolute Gasteiger partial charge is 0.488 e. The number of carbonyl (C=O) groups excluding carboxylic acids is 2. The molecule has 4 rings (SSSR count). The minimum atomic E-state index is -0.628. The van der Waals surface area contributed by atoms with E-state index in [0.29, 0.717) is 35.8 Å². The molecule has 0 saturated carbocycles. The molecule has 3 aromatic heterocycles. The van der Waals surface area contributed by atoms with E-state index < -0.39 is 29.6 Å². The van der Waals surface area contributed by atoms with Crippen LogP contribution in [0.15, 0.2) is 24.7 Å². The van der Waals surface area contributed by atoms with E-state index >= 15 is 0 Å². The Morgan fingerprint density at radius 1 is 1.30 bits per heavy atom. The van der Waals surface area contributed by atoms with E-state index in [1.807, 2.05) is 11.8 Å². The first kappa shape index (κ1) is 28.8. The number of ether oxygens (including phenoxy) is 4. The van der Waals surface area contributed by atoms with Gasteiger partial charge in [0.05, 0.1) is 44.9 Å². The SMILES string of the molecule is CCOC(=O)c1cnn2cc3c(nc12)N(Cc1cc(F)cnc1O[C@@H](C)CNC(=O)OC(C)(C)C)[C@H](C)CCO3. The molecule has 0 radical (unpaired) electrons. The van der Waals surface area contributed by atoms with Gasteiger partial charge in [-0.3, -0.25) is 0 Å². The van der Waals surface area contributed by atoms with Crippen LogP contribution in [-0.2, 0) is 16.0 Å². The first-order valence-electron chi connectivity index (χ1n) is 13.2. The highest BCUT2D eigenvalue weighted by molar-refractivity contribution is 5.95. The maximum atomic E-state index is 14.4. The standard InChI is InChI=1S/C27H35FN6O6/c1-7-37-25(35)20-13-31-34-15-21-23(32-22(20)34)33(16(2)8-9-38-21)14-18-10-19(28)12-29-24(18)39-17(3)11-30-26(36)40-27(4,5)6/h10,12-13,15-17H,7-9,11,14H2,1-6H3,(H,30,36)/t16-,17+/m1/s1. The van der Waals surface area contributed by atoms with Gasteiger partial charge in [-0.25, -0.2) is 28.5 Å². The summed E-state index contributed by atoms with van der Waals surface area (Å²) in [4.78, 5) is 35.4. The maximum absolute atomic E-state index is 14.4. The van der Waals surface area contributed by atoms with Crippen molar-refractivity contribution in [2.24, 2.45) is 0 Å². The molecule has 0 spiro atoms. The van der Waals surface area contributed by atoms with Crippen LogP contribution in [0.2, 0.25) is 0 Å². The van der Waals surface area contributed by atoms with Crippen LogP contribution >= 0.6 is 0 Å². The van der Waals surface area contributed by atoms with Gasteiger partial charge in [0.25, 0.3) is 0 Å². The molecule has 0 saturated heterocycles. The second kappa shape index (κ2) is 11.9. The van der Waals surface area contributed by atoms with Crippen molar-refractivity contribution < 1.29 is 32.9 Å². The number of halogens is 1. The van der Waals surface area contributed by atoms with Gasteiger partial charge in [0.2, 0.25) is 5.88 Å². The minimum Gasteiger partial charge on any atom is -0.488 e. The maximum Gasteiger partial charge on any atom is 0.407 e. The molecular formula is C27H35FN6O6. The van der Waals surface area contributed by atoms with Gasteiger partial charge in [-0.1, -0.05) is 0 Å². The van der Waals surface area contributed by atoms with Crippen LogP contribution in [0, 0.1) is 5.82 Å². The number of amides is 1. The molecule has 4 heterocycles. The molecule has 0 unspecified atom stereocenters. The molecule has 12 nitrogen and oxygen atoms in total. The summed E-state index contributed by atoms with van der Waals surface area (Å²) in [5, 5.41) is 6.90. The van der Waals surface area contributed by atoms with Gasteiger partial charge >= 0.3 is 12.1 Å². The number of anilines is 1. The Balaban J connectivity index is 1.60. The summed E-state index contributed by atoms with van der Waals surface area (Å²) < 4.78 is 38.3. The molecule has 13 heteroatoms. The number of nitrogens with one attached hydrogen (secondary N) is 1. The highest BCUT2D eigenvalue weighted by atomic mass is 19.1. The van der Waals surface area contributed by atoms with Crippen LogP contribution in [0.1, 0.15) is 63.9 Å². The second-order valence-electron chi connectivity index (χ2n) is 10.5. The highest BCUT2D eigenvalue weighted by Gasteiger charge is 2.28. The Labute approximate surface area is 231 Å². The summed E-state index contributed by atoms with van der Waals surface area (Å²) in [6.07, 6.45) is 3.76. The third-order valence-electron chi connectivity index (χ3n) is 6.01. The molecule has 40 heavy (non-hydrogen) atoms. The highest BCUT2D eigenvalue weighted by Crippen LogP contribution is 2.35. The quantitative estimate of drug-likeness (QED) is 0.406. The average Bonchev–Trinajstić information content (AvgIpc) is 3.22. The zero-order valence-electron chi connectivity index (χ0n) is 23.6. The van der Waals surface area contributed by atoms with E-state index in [0.717, 1.165) is 6.20 Å². The number of hydrogen-bond donors (Lipinski definition) is 1. The van der Waals surface area contributed by atoms with Crippen LogP contribution in [0.3, 0.4) is 0 Å². The number of esters is 1. The summed E-state index contributed by atoms with van der Waals surface area (Å²) in [6.45, 7) is 11.8. The number of carbonyl (C=O) groups is 2. The van der Waals surface area contributed by atoms with Crippen LogP contribution in [0.5, 0.6) is 11.6 Å². The Morgan fingerprint density at radius 3 is 2.80 bits per heavy atom. The lowest BCUT2D eigenvalue weighted by molar-refractivity contribution is 0.0500. The predicted molar refractivity (Wildman–Crippen MR) is 143 cm³/mol. The van der Waals surface area contributed by atoms with Crippen molar-refractivity contribution in [3.8, 4) is 11.6 Å². The number of alkyl carbamates (subject to hydrolysis) is 1. The number of pyridine rings is 1. The molecule has 3 aromatic rings. The van der Waals surface area contributed by atoms with E-state index in [1.54, 1.807) is 40.8 Å². The summed E-state index contributed by atoms with van der Waals surface area (Å²) in [5.74, 6) is 0.106. The Morgan fingerprint density at radius 2 is 2.08 bits per heavy atom. The van der Waals surface area contributed by atoms with Crippen molar-refractivity contribution in [2.45, 2.75) is 72.3 Å². The van der Waals surface area contributed by atoms with Crippen molar-refractivity contribution >= 4 is 23.5 Å². The second-order valence-corrected chi connectivity index (χ2v) is 10.5. The lowest BCUT2D eigenvalue weighted by atomic mass is 10.1. The fourth-order valence-corrected chi connectivity index (χ4v) is 4.13. The fraction of sp³-hybridized carbons (Fsp3) is 0.519. The topological polar surface area (TPSA) is 129 Å². The molecule has 0 fully saturated rings. The van der Waals surface area contributed by atoms with Crippen LogP contribution in [0.4, 0.5) is 15.0 Å². The van der Waals surface area contributed by atoms with E-state index in [9.17, 15) is 14.0 Å². The lowest BCUT2D eigenvalue weighted by Crippen LogP contribution is -2.38. The third-order valence-corrected chi connectivity index (χ3v) is 6.01. The number of fused-ring (bicyclic) bond motifs is 2. The number of hydrogen-bond acceptors (Lipinski definition) is 10. The van der Waals surface area contributed by atoms with E-state index in [1.165, 1.54) is 16.8 Å². The van der Waals surface area contributed by atoms with Gasteiger partial charge in [0.1, 0.15) is 23.1 Å². The first-order chi connectivity index (χ1) is 18.9. The van der Waals surface area contributed by atoms with Crippen LogP contribution in [-0.4, -0.2) is 69.1 Å². The summed E-state index contributed by atoms with van der Waals surface area (Å²) >= 11 is 0. The summed E-state index contributed by atoms with van der Waals surface area (Å²) in [5.41, 5.74) is 0.390. The van der Waals surface area contributed by atoms with Gasteiger partial charge < -0.3 is 29.2 Å². The van der Waals surface area contributed by atoms with Crippen molar-refractivity contribution in [1.82, 2.24) is 24.9 Å². The molecule has 216 valence electrons. The lowest BCUT2D eigenvalue weighted by Gasteiger charge is -2.29. The summed E-state index contributed by atoms with van der Waals surface area (Å²) in [6, 6.07) is 1.29. The van der Waals surface area contributed by atoms with E-state index in [4.69, 9.17) is 23.9 Å². The third kappa shape index (κ3) is 6.88. The molecule has 1 aliphatic rings.